The van der Waals surface area contributed by atoms with Crippen LogP contribution in [0.3, 0.4) is 0 Å². The van der Waals surface area contributed by atoms with Gasteiger partial charge in [-0.25, -0.2) is 0 Å². The van der Waals surface area contributed by atoms with Crippen molar-refractivity contribution in [3.63, 3.8) is 0 Å². The van der Waals surface area contributed by atoms with Gasteiger partial charge in [0.2, 0.25) is 5.91 Å². The molecule has 1 aromatic carbocycles. The molecule has 0 fully saturated rings. The van der Waals surface area contributed by atoms with Crippen LogP contribution in [0.2, 0.25) is 0 Å². The number of nitrogens with two attached hydrogens (primary N) is 1. The molecule has 17 heavy (non-hydrogen) atoms. The lowest BCUT2D eigenvalue weighted by molar-refractivity contribution is -0.117. The van der Waals surface area contributed by atoms with Crippen molar-refractivity contribution in [1.29, 1.82) is 0 Å². The lowest BCUT2D eigenvalue weighted by Gasteiger charge is -2.11. The van der Waals surface area contributed by atoms with Gasteiger partial charge in [-0.3, -0.25) is 9.59 Å². The molecule has 1 rings (SSSR count). The fourth-order valence-corrected chi connectivity index (χ4v) is 1.49. The first-order chi connectivity index (χ1) is 8.04. The van der Waals surface area contributed by atoms with Crippen molar-refractivity contribution < 1.29 is 9.59 Å². The quantitative estimate of drug-likeness (QED) is 0.765. The van der Waals surface area contributed by atoms with Gasteiger partial charge < -0.3 is 11.1 Å². The minimum atomic E-state index is -0.499. The van der Waals surface area contributed by atoms with Gasteiger partial charge in [-0.05, 0) is 25.5 Å². The normalized spacial score (nSPS) is 11.9. The molecule has 0 bridgehead atoms. The second-order valence-corrected chi connectivity index (χ2v) is 4.02. The van der Waals surface area contributed by atoms with E-state index in [2.05, 4.69) is 5.32 Å². The van der Waals surface area contributed by atoms with Crippen LogP contribution in [0.1, 0.15) is 37.0 Å². The molecule has 0 aliphatic carbocycles. The van der Waals surface area contributed by atoms with Gasteiger partial charge in [0.25, 0.3) is 0 Å². The highest BCUT2D eigenvalue weighted by Gasteiger charge is 2.12. The predicted molar refractivity (Wildman–Crippen MR) is 68.0 cm³/mol. The molecular weight excluding hydrogens is 216 g/mol. The Kier molecular flexibility index (Phi) is 4.84. The highest BCUT2D eigenvalue weighted by atomic mass is 16.2. The number of hydrogen-bond acceptors (Lipinski definition) is 3. The molecule has 0 heterocycles. The molecule has 3 N–H and O–H groups in total. The van der Waals surface area contributed by atoms with Crippen LogP contribution >= 0.6 is 0 Å². The van der Waals surface area contributed by atoms with Crippen LogP contribution in [-0.4, -0.2) is 17.7 Å². The summed E-state index contributed by atoms with van der Waals surface area (Å²) in [5.41, 5.74) is 6.88. The zero-order valence-electron chi connectivity index (χ0n) is 10.2. The SMILES string of the molecule is CCCC(N)C(=O)Nc1cccc(C(C)=O)c1. The number of Topliss-reactive ketones (excluding diaryl/α,β-unsaturated/α-hetero) is 1. The van der Waals surface area contributed by atoms with E-state index < -0.39 is 6.04 Å². The van der Waals surface area contributed by atoms with E-state index in [1.165, 1.54) is 6.92 Å². The number of amides is 1. The number of carbonyl (C=O) groups excluding carboxylic acids is 2. The van der Waals surface area contributed by atoms with Crippen LogP contribution in [0, 0.1) is 0 Å². The Labute approximate surface area is 101 Å². The maximum absolute atomic E-state index is 11.7. The zero-order chi connectivity index (χ0) is 12.8. The molecule has 0 saturated heterocycles. The Morgan fingerprint density at radius 1 is 1.41 bits per heavy atom. The van der Waals surface area contributed by atoms with Crippen molar-refractivity contribution in [2.75, 3.05) is 5.32 Å². The summed E-state index contributed by atoms with van der Waals surface area (Å²) in [4.78, 5) is 22.8. The van der Waals surface area contributed by atoms with Gasteiger partial charge in [-0.2, -0.15) is 0 Å². The van der Waals surface area contributed by atoms with Crippen LogP contribution in [0.15, 0.2) is 24.3 Å². The zero-order valence-corrected chi connectivity index (χ0v) is 10.2. The van der Waals surface area contributed by atoms with Gasteiger partial charge in [0, 0.05) is 11.3 Å². The predicted octanol–water partition coefficient (Wildman–Crippen LogP) is 1.96. The molecule has 0 aromatic heterocycles. The van der Waals surface area contributed by atoms with E-state index in [1.54, 1.807) is 24.3 Å². The smallest absolute Gasteiger partial charge is 0.241 e. The van der Waals surface area contributed by atoms with Gasteiger partial charge in [-0.1, -0.05) is 25.5 Å². The van der Waals surface area contributed by atoms with Crippen LogP contribution in [0.25, 0.3) is 0 Å². The first kappa shape index (κ1) is 13.4. The molecule has 0 spiro atoms. The van der Waals surface area contributed by atoms with E-state index in [4.69, 9.17) is 5.73 Å². The molecule has 1 amide bonds. The van der Waals surface area contributed by atoms with Crippen molar-refractivity contribution in [2.24, 2.45) is 5.73 Å². The topological polar surface area (TPSA) is 72.2 Å². The third kappa shape index (κ3) is 4.00. The largest absolute Gasteiger partial charge is 0.325 e. The lowest BCUT2D eigenvalue weighted by atomic mass is 10.1. The standard InChI is InChI=1S/C13H18N2O2/c1-3-5-12(14)13(17)15-11-7-4-6-10(8-11)9(2)16/h4,6-8,12H,3,5,14H2,1-2H3,(H,15,17). The summed E-state index contributed by atoms with van der Waals surface area (Å²) >= 11 is 0. The molecule has 1 unspecified atom stereocenters. The first-order valence-electron chi connectivity index (χ1n) is 5.72. The Morgan fingerprint density at radius 2 is 2.12 bits per heavy atom. The fourth-order valence-electron chi connectivity index (χ4n) is 1.49. The maximum atomic E-state index is 11.7. The average molecular weight is 234 g/mol. The second-order valence-electron chi connectivity index (χ2n) is 4.02. The number of nitrogens with one attached hydrogen (secondary N) is 1. The fraction of sp³-hybridized carbons (Fsp3) is 0.385. The van der Waals surface area contributed by atoms with Gasteiger partial charge in [0.05, 0.1) is 6.04 Å². The highest BCUT2D eigenvalue weighted by molar-refractivity contribution is 5.98. The van der Waals surface area contributed by atoms with Crippen LogP contribution < -0.4 is 11.1 Å². The molecule has 1 aromatic rings. The van der Waals surface area contributed by atoms with Crippen molar-refractivity contribution in [2.45, 2.75) is 32.7 Å². The average Bonchev–Trinajstić information content (AvgIpc) is 2.29. The molecule has 0 saturated carbocycles. The Hall–Kier alpha value is -1.68. The summed E-state index contributed by atoms with van der Waals surface area (Å²) in [6.45, 7) is 3.47. The van der Waals surface area contributed by atoms with Crippen molar-refractivity contribution in [1.82, 2.24) is 0 Å². The van der Waals surface area contributed by atoms with Crippen LogP contribution in [0.5, 0.6) is 0 Å². The van der Waals surface area contributed by atoms with E-state index in [-0.39, 0.29) is 11.7 Å². The summed E-state index contributed by atoms with van der Waals surface area (Å²) in [7, 11) is 0. The van der Waals surface area contributed by atoms with E-state index in [1.807, 2.05) is 6.92 Å². The summed E-state index contributed by atoms with van der Waals surface area (Å²) in [5.74, 6) is -0.244. The van der Waals surface area contributed by atoms with Gasteiger partial charge in [-0.15, -0.1) is 0 Å². The first-order valence-corrected chi connectivity index (χ1v) is 5.72. The van der Waals surface area contributed by atoms with Gasteiger partial charge >= 0.3 is 0 Å². The summed E-state index contributed by atoms with van der Waals surface area (Å²) in [6, 6.07) is 6.34. The van der Waals surface area contributed by atoms with Crippen molar-refractivity contribution in [3.05, 3.63) is 29.8 Å². The Bertz CT molecular complexity index is 416. The third-order valence-corrected chi connectivity index (χ3v) is 2.47. The third-order valence-electron chi connectivity index (χ3n) is 2.47. The van der Waals surface area contributed by atoms with Gasteiger partial charge in [0.1, 0.15) is 0 Å². The molecular formula is C13H18N2O2. The van der Waals surface area contributed by atoms with Gasteiger partial charge in [0.15, 0.2) is 5.78 Å². The molecule has 0 aliphatic rings. The number of benzene rings is 1. The van der Waals surface area contributed by atoms with E-state index >= 15 is 0 Å². The van der Waals surface area contributed by atoms with E-state index in [9.17, 15) is 9.59 Å². The van der Waals surface area contributed by atoms with Crippen LogP contribution in [0.4, 0.5) is 5.69 Å². The lowest BCUT2D eigenvalue weighted by Crippen LogP contribution is -2.35. The summed E-state index contributed by atoms with van der Waals surface area (Å²) < 4.78 is 0. The van der Waals surface area contributed by atoms with E-state index in [0.29, 0.717) is 17.7 Å². The molecule has 0 radical (unpaired) electrons. The minimum Gasteiger partial charge on any atom is -0.325 e. The highest BCUT2D eigenvalue weighted by Crippen LogP contribution is 2.11. The Balaban J connectivity index is 2.71. The molecule has 4 heteroatoms. The number of rotatable bonds is 5. The minimum absolute atomic E-state index is 0.0287. The number of carbonyl (C=O) groups is 2. The number of anilines is 1. The maximum Gasteiger partial charge on any atom is 0.241 e. The molecule has 92 valence electrons. The van der Waals surface area contributed by atoms with Crippen molar-refractivity contribution in [3.8, 4) is 0 Å². The number of ketones is 1. The summed E-state index contributed by atoms with van der Waals surface area (Å²) in [5, 5.41) is 2.71. The van der Waals surface area contributed by atoms with E-state index in [0.717, 1.165) is 6.42 Å². The Morgan fingerprint density at radius 3 is 2.71 bits per heavy atom. The monoisotopic (exact) mass is 234 g/mol. The molecule has 4 nitrogen and oxygen atoms in total. The van der Waals surface area contributed by atoms with Crippen LogP contribution in [-0.2, 0) is 4.79 Å². The molecule has 0 aliphatic heterocycles. The summed E-state index contributed by atoms with van der Waals surface area (Å²) in [6.07, 6.45) is 1.51. The number of hydrogen-bond donors (Lipinski definition) is 2. The van der Waals surface area contributed by atoms with Crippen molar-refractivity contribution >= 4 is 17.4 Å². The molecule has 1 atom stereocenters. The second kappa shape index (κ2) is 6.15.